The van der Waals surface area contributed by atoms with Gasteiger partial charge in [0, 0.05) is 25.8 Å². The Hall–Kier alpha value is -2.87. The first-order valence-electron chi connectivity index (χ1n) is 8.97. The van der Waals surface area contributed by atoms with Gasteiger partial charge in [0.25, 0.3) is 0 Å². The van der Waals surface area contributed by atoms with Gasteiger partial charge in [0.15, 0.2) is 17.0 Å². The van der Waals surface area contributed by atoms with E-state index in [0.717, 1.165) is 22.5 Å². The average molecular weight is 369 g/mol. The van der Waals surface area contributed by atoms with Crippen LogP contribution in [0.3, 0.4) is 0 Å². The van der Waals surface area contributed by atoms with Crippen LogP contribution >= 0.6 is 0 Å². The molecule has 0 radical (unpaired) electrons. The third-order valence-corrected chi connectivity index (χ3v) is 4.32. The summed E-state index contributed by atoms with van der Waals surface area (Å²) in [5.41, 5.74) is 9.67. The number of hydrogen-bond donors (Lipinski definition) is 4. The van der Waals surface area contributed by atoms with Crippen molar-refractivity contribution in [2.24, 2.45) is 7.05 Å². The van der Waals surface area contributed by atoms with Crippen molar-refractivity contribution in [2.75, 3.05) is 22.9 Å². The second kappa shape index (κ2) is 7.40. The van der Waals surface area contributed by atoms with Crippen molar-refractivity contribution in [3.8, 4) is 0 Å². The van der Waals surface area contributed by atoms with Crippen LogP contribution in [0.5, 0.6) is 0 Å². The van der Waals surface area contributed by atoms with Crippen LogP contribution in [-0.2, 0) is 13.6 Å². The normalized spacial score (nSPS) is 11.7. The lowest BCUT2D eigenvalue weighted by Crippen LogP contribution is -2.23. The number of rotatable bonds is 7. The first-order chi connectivity index (χ1) is 12.7. The van der Waals surface area contributed by atoms with E-state index >= 15 is 0 Å². The van der Waals surface area contributed by atoms with Crippen molar-refractivity contribution in [2.45, 2.75) is 39.3 Å². The van der Waals surface area contributed by atoms with Gasteiger partial charge in [0.05, 0.1) is 11.9 Å². The summed E-state index contributed by atoms with van der Waals surface area (Å²) < 4.78 is 1.85. The van der Waals surface area contributed by atoms with Gasteiger partial charge in [-0.05, 0) is 38.8 Å². The highest BCUT2D eigenvalue weighted by Gasteiger charge is 2.15. The van der Waals surface area contributed by atoms with Gasteiger partial charge < -0.3 is 26.0 Å². The minimum Gasteiger partial charge on any atom is -0.398 e. The maximum absolute atomic E-state index is 9.87. The maximum atomic E-state index is 9.87. The summed E-state index contributed by atoms with van der Waals surface area (Å²) >= 11 is 0. The molecule has 0 atom stereocenters. The van der Waals surface area contributed by atoms with Crippen molar-refractivity contribution in [1.82, 2.24) is 19.5 Å². The van der Waals surface area contributed by atoms with E-state index in [-0.39, 0.29) is 0 Å². The number of aliphatic hydroxyl groups is 1. The zero-order chi connectivity index (χ0) is 19.6. The largest absolute Gasteiger partial charge is 0.398 e. The molecule has 0 aliphatic rings. The summed E-state index contributed by atoms with van der Waals surface area (Å²) in [6.45, 7) is 6.70. The summed E-state index contributed by atoms with van der Waals surface area (Å²) in [6.07, 6.45) is 2.30. The van der Waals surface area contributed by atoms with E-state index in [2.05, 4.69) is 31.7 Å². The minimum absolute atomic E-state index is 0.495. The van der Waals surface area contributed by atoms with Gasteiger partial charge in [-0.25, -0.2) is 4.98 Å². The highest BCUT2D eigenvalue weighted by atomic mass is 16.3. The van der Waals surface area contributed by atoms with E-state index in [0.29, 0.717) is 36.8 Å². The molecule has 3 rings (SSSR count). The molecule has 0 bridgehead atoms. The Morgan fingerprint density at radius 2 is 2.00 bits per heavy atom. The molecular weight excluding hydrogens is 342 g/mol. The molecule has 5 N–H and O–H groups in total. The van der Waals surface area contributed by atoms with Crippen LogP contribution in [-0.4, -0.2) is 36.8 Å². The lowest BCUT2D eigenvalue weighted by atomic mass is 10.1. The van der Waals surface area contributed by atoms with Gasteiger partial charge in [-0.3, -0.25) is 0 Å². The van der Waals surface area contributed by atoms with Crippen LogP contribution in [0.2, 0.25) is 0 Å². The van der Waals surface area contributed by atoms with Crippen molar-refractivity contribution < 1.29 is 5.11 Å². The third kappa shape index (κ3) is 4.65. The molecule has 0 spiro atoms. The fourth-order valence-electron chi connectivity index (χ4n) is 2.76. The Kier molecular flexibility index (Phi) is 5.18. The second-order valence-electron chi connectivity index (χ2n) is 7.47. The quantitative estimate of drug-likeness (QED) is 0.473. The third-order valence-electron chi connectivity index (χ3n) is 4.32. The molecule has 1 aromatic carbocycles. The monoisotopic (exact) mass is 369 g/mol. The summed E-state index contributed by atoms with van der Waals surface area (Å²) in [5, 5.41) is 16.4. The predicted molar refractivity (Wildman–Crippen MR) is 109 cm³/mol. The predicted octanol–water partition coefficient (Wildman–Crippen LogP) is 2.44. The van der Waals surface area contributed by atoms with Gasteiger partial charge >= 0.3 is 0 Å². The lowest BCUT2D eigenvalue weighted by Gasteiger charge is -2.17. The first kappa shape index (κ1) is 18.9. The van der Waals surface area contributed by atoms with Gasteiger partial charge in [0.2, 0.25) is 5.95 Å². The highest BCUT2D eigenvalue weighted by Crippen LogP contribution is 2.22. The molecule has 0 saturated carbocycles. The number of nitrogens with zero attached hydrogens (tertiary/aromatic N) is 4. The topological polar surface area (TPSA) is 114 Å². The minimum atomic E-state index is -0.743. The molecule has 0 amide bonds. The van der Waals surface area contributed by atoms with Gasteiger partial charge in [-0.2, -0.15) is 9.97 Å². The van der Waals surface area contributed by atoms with Crippen LogP contribution in [0.25, 0.3) is 11.2 Å². The molecule has 0 unspecified atom stereocenters. The summed E-state index contributed by atoms with van der Waals surface area (Å²) in [6, 6.07) is 5.96. The molecule has 0 aliphatic carbocycles. The molecule has 0 aliphatic heterocycles. The Labute approximate surface area is 158 Å². The van der Waals surface area contributed by atoms with Crippen LogP contribution in [0.15, 0.2) is 24.5 Å². The molecule has 8 nitrogen and oxygen atoms in total. The Morgan fingerprint density at radius 3 is 2.74 bits per heavy atom. The number of fused-ring (bicyclic) bond motifs is 1. The summed E-state index contributed by atoms with van der Waals surface area (Å²) in [4.78, 5) is 13.5. The molecule has 0 fully saturated rings. The van der Waals surface area contributed by atoms with Gasteiger partial charge in [-0.15, -0.1) is 0 Å². The summed E-state index contributed by atoms with van der Waals surface area (Å²) in [5.74, 6) is 1.14. The number of aromatic nitrogens is 4. The number of hydrogen-bond acceptors (Lipinski definition) is 7. The summed E-state index contributed by atoms with van der Waals surface area (Å²) in [7, 11) is 1.89. The smallest absolute Gasteiger partial charge is 0.226 e. The van der Waals surface area contributed by atoms with E-state index in [1.54, 1.807) is 20.2 Å². The van der Waals surface area contributed by atoms with Gasteiger partial charge in [-0.1, -0.05) is 17.7 Å². The van der Waals surface area contributed by atoms with Gasteiger partial charge in [0.1, 0.15) is 0 Å². The molecule has 3 aromatic rings. The standard InChI is InChI=1S/C19H27N7O/c1-12-5-6-14(20)13(9-12)10-22-16-15-17(26(4)11-23-15)25-18(24-16)21-8-7-19(2,3)27/h5-6,9,11,27H,7-8,10,20H2,1-4H3,(H2,21,22,24,25). The van der Waals surface area contributed by atoms with Crippen LogP contribution in [0.1, 0.15) is 31.4 Å². The molecule has 144 valence electrons. The Balaban J connectivity index is 1.83. The number of imidazole rings is 1. The average Bonchev–Trinajstić information content (AvgIpc) is 2.96. The van der Waals surface area contributed by atoms with E-state index in [9.17, 15) is 5.11 Å². The number of aryl methyl sites for hydroxylation is 2. The number of nitrogens with one attached hydrogen (secondary N) is 2. The van der Waals surface area contributed by atoms with E-state index in [1.807, 2.05) is 30.7 Å². The van der Waals surface area contributed by atoms with Crippen molar-refractivity contribution in [3.05, 3.63) is 35.7 Å². The van der Waals surface area contributed by atoms with Crippen LogP contribution in [0, 0.1) is 6.92 Å². The molecule has 27 heavy (non-hydrogen) atoms. The van der Waals surface area contributed by atoms with Crippen molar-refractivity contribution >= 4 is 28.6 Å². The Bertz CT molecular complexity index is 943. The highest BCUT2D eigenvalue weighted by molar-refractivity contribution is 5.84. The van der Waals surface area contributed by atoms with Crippen LogP contribution < -0.4 is 16.4 Å². The first-order valence-corrected chi connectivity index (χ1v) is 8.97. The van der Waals surface area contributed by atoms with E-state index in [4.69, 9.17) is 5.73 Å². The maximum Gasteiger partial charge on any atom is 0.226 e. The lowest BCUT2D eigenvalue weighted by molar-refractivity contribution is 0.0748. The number of anilines is 3. The van der Waals surface area contributed by atoms with Crippen molar-refractivity contribution in [3.63, 3.8) is 0 Å². The van der Waals surface area contributed by atoms with E-state index in [1.165, 1.54) is 0 Å². The zero-order valence-corrected chi connectivity index (χ0v) is 16.2. The van der Waals surface area contributed by atoms with Crippen LogP contribution in [0.4, 0.5) is 17.5 Å². The molecule has 8 heteroatoms. The molecule has 2 heterocycles. The van der Waals surface area contributed by atoms with E-state index < -0.39 is 5.60 Å². The fourth-order valence-corrected chi connectivity index (χ4v) is 2.76. The molecule has 0 saturated heterocycles. The number of benzene rings is 1. The zero-order valence-electron chi connectivity index (χ0n) is 16.2. The number of nitrogen functional groups attached to an aromatic ring is 1. The Morgan fingerprint density at radius 1 is 1.22 bits per heavy atom. The molecular formula is C19H27N7O. The van der Waals surface area contributed by atoms with Crippen molar-refractivity contribution in [1.29, 1.82) is 0 Å². The molecule has 2 aromatic heterocycles. The number of nitrogens with two attached hydrogens (primary N) is 1. The second-order valence-corrected chi connectivity index (χ2v) is 7.47. The fraction of sp³-hybridized carbons (Fsp3) is 0.421. The SMILES string of the molecule is Cc1ccc(N)c(CNc2nc(NCCC(C)(C)O)nc3c2ncn3C)c1.